The third-order valence-electron chi connectivity index (χ3n) is 4.47. The monoisotopic (exact) mass is 365 g/mol. The van der Waals surface area contributed by atoms with Crippen LogP contribution < -0.4 is 10.0 Å². The van der Waals surface area contributed by atoms with Crippen molar-refractivity contribution in [2.45, 2.75) is 30.2 Å². The third kappa shape index (κ3) is 3.74. The van der Waals surface area contributed by atoms with Crippen LogP contribution in [0, 0.1) is 6.92 Å². The lowest BCUT2D eigenvalue weighted by atomic mass is 9.99. The van der Waals surface area contributed by atoms with Crippen LogP contribution in [0.2, 0.25) is 0 Å². The molecule has 0 aliphatic carbocycles. The fourth-order valence-electron chi connectivity index (χ4n) is 3.15. The SMILES string of the molecule is COCC1(CNS(=O)(=O)c2cnn(-c3ccccn3)c2C)CCCN1. The summed E-state index contributed by atoms with van der Waals surface area (Å²) in [6.07, 6.45) is 4.87. The standard InChI is InChI=1S/C16H23N5O3S/c1-13-14(10-19-21(13)15-6-3-4-8-17-15)25(22,23)20-11-16(12-24-2)7-5-9-18-16/h3-4,6,8,10,18,20H,5,7,9,11-12H2,1-2H3. The molecule has 3 rings (SSSR count). The summed E-state index contributed by atoms with van der Waals surface area (Å²) in [6.45, 7) is 3.32. The van der Waals surface area contributed by atoms with Crippen molar-refractivity contribution in [3.63, 3.8) is 0 Å². The fraction of sp³-hybridized carbons (Fsp3) is 0.500. The number of aromatic nitrogens is 3. The molecule has 3 heterocycles. The summed E-state index contributed by atoms with van der Waals surface area (Å²) >= 11 is 0. The maximum absolute atomic E-state index is 12.7. The summed E-state index contributed by atoms with van der Waals surface area (Å²) in [5, 5.41) is 7.54. The first-order chi connectivity index (χ1) is 12.0. The molecule has 9 heteroatoms. The van der Waals surface area contributed by atoms with Crippen LogP contribution in [0.4, 0.5) is 0 Å². The average Bonchev–Trinajstić information content (AvgIpc) is 3.22. The van der Waals surface area contributed by atoms with Gasteiger partial charge < -0.3 is 10.1 Å². The molecule has 1 aliphatic heterocycles. The Kier molecular flexibility index (Phi) is 5.19. The van der Waals surface area contributed by atoms with Crippen LogP contribution in [0.15, 0.2) is 35.5 Å². The Bertz CT molecular complexity index is 814. The van der Waals surface area contributed by atoms with E-state index in [0.717, 1.165) is 19.4 Å². The number of nitrogens with one attached hydrogen (secondary N) is 2. The van der Waals surface area contributed by atoms with E-state index in [4.69, 9.17) is 4.74 Å². The minimum atomic E-state index is -3.68. The molecule has 2 N–H and O–H groups in total. The maximum atomic E-state index is 12.7. The second-order valence-electron chi connectivity index (χ2n) is 6.26. The molecule has 0 amide bonds. The smallest absolute Gasteiger partial charge is 0.244 e. The van der Waals surface area contributed by atoms with Crippen molar-refractivity contribution in [1.82, 2.24) is 24.8 Å². The van der Waals surface area contributed by atoms with Crippen LogP contribution in [0.1, 0.15) is 18.5 Å². The van der Waals surface area contributed by atoms with Gasteiger partial charge >= 0.3 is 0 Å². The third-order valence-corrected chi connectivity index (χ3v) is 5.98. The Hall–Kier alpha value is -1.81. The zero-order valence-electron chi connectivity index (χ0n) is 14.4. The van der Waals surface area contributed by atoms with Crippen molar-refractivity contribution in [2.75, 3.05) is 26.8 Å². The number of rotatable bonds is 7. The number of sulfonamides is 1. The molecule has 0 saturated carbocycles. The highest BCUT2D eigenvalue weighted by atomic mass is 32.2. The van der Waals surface area contributed by atoms with E-state index in [1.165, 1.54) is 10.9 Å². The normalized spacial score (nSPS) is 20.9. The van der Waals surface area contributed by atoms with E-state index in [9.17, 15) is 8.42 Å². The molecular formula is C16H23N5O3S. The minimum absolute atomic E-state index is 0.156. The minimum Gasteiger partial charge on any atom is -0.383 e. The van der Waals surface area contributed by atoms with E-state index < -0.39 is 10.0 Å². The van der Waals surface area contributed by atoms with Gasteiger partial charge in [-0.05, 0) is 38.4 Å². The molecule has 0 radical (unpaired) electrons. The van der Waals surface area contributed by atoms with Crippen molar-refractivity contribution >= 4 is 10.0 Å². The second kappa shape index (κ2) is 7.20. The number of ether oxygens (including phenoxy) is 1. The van der Waals surface area contributed by atoms with Crippen LogP contribution in [0.3, 0.4) is 0 Å². The molecular weight excluding hydrogens is 342 g/mol. The predicted molar refractivity (Wildman–Crippen MR) is 93.1 cm³/mol. The summed E-state index contributed by atoms with van der Waals surface area (Å²) in [7, 11) is -2.06. The van der Waals surface area contributed by atoms with Gasteiger partial charge in [-0.3, -0.25) is 0 Å². The van der Waals surface area contributed by atoms with Crippen LogP contribution in [-0.4, -0.2) is 55.5 Å². The molecule has 8 nitrogen and oxygen atoms in total. The zero-order valence-corrected chi connectivity index (χ0v) is 15.2. The molecule has 0 spiro atoms. The van der Waals surface area contributed by atoms with E-state index in [1.807, 2.05) is 6.07 Å². The lowest BCUT2D eigenvalue weighted by Crippen LogP contribution is -2.52. The molecule has 1 aliphatic rings. The molecule has 1 atom stereocenters. The predicted octanol–water partition coefficient (Wildman–Crippen LogP) is 0.623. The van der Waals surface area contributed by atoms with E-state index in [2.05, 4.69) is 20.1 Å². The van der Waals surface area contributed by atoms with Crippen molar-refractivity contribution in [1.29, 1.82) is 0 Å². The largest absolute Gasteiger partial charge is 0.383 e. The summed E-state index contributed by atoms with van der Waals surface area (Å²) in [4.78, 5) is 4.36. The molecule has 1 unspecified atom stereocenters. The second-order valence-corrected chi connectivity index (χ2v) is 8.00. The highest BCUT2D eigenvalue weighted by Gasteiger charge is 2.35. The lowest BCUT2D eigenvalue weighted by molar-refractivity contribution is 0.122. The number of hydrogen-bond acceptors (Lipinski definition) is 6. The lowest BCUT2D eigenvalue weighted by Gasteiger charge is -2.28. The summed E-state index contributed by atoms with van der Waals surface area (Å²) < 4.78 is 35.0. The quantitative estimate of drug-likeness (QED) is 0.747. The zero-order chi connectivity index (χ0) is 17.9. The van der Waals surface area contributed by atoms with Crippen molar-refractivity contribution < 1.29 is 13.2 Å². The Morgan fingerprint density at radius 2 is 2.28 bits per heavy atom. The van der Waals surface area contributed by atoms with Gasteiger partial charge in [0.1, 0.15) is 4.90 Å². The number of pyridine rings is 1. The van der Waals surface area contributed by atoms with Crippen LogP contribution in [-0.2, 0) is 14.8 Å². The summed E-state index contributed by atoms with van der Waals surface area (Å²) in [5.74, 6) is 0.578. The Morgan fingerprint density at radius 3 is 2.92 bits per heavy atom. The van der Waals surface area contributed by atoms with Gasteiger partial charge in [0, 0.05) is 19.9 Å². The van der Waals surface area contributed by atoms with Gasteiger partial charge in [0.25, 0.3) is 0 Å². The molecule has 2 aromatic heterocycles. The molecule has 136 valence electrons. The number of hydrogen-bond donors (Lipinski definition) is 2. The Labute approximate surface area is 147 Å². The molecule has 2 aromatic rings. The summed E-state index contributed by atoms with van der Waals surface area (Å²) in [5.41, 5.74) is 0.165. The number of nitrogens with zero attached hydrogens (tertiary/aromatic N) is 3. The summed E-state index contributed by atoms with van der Waals surface area (Å²) in [6, 6.07) is 5.40. The van der Waals surface area contributed by atoms with E-state index in [1.54, 1.807) is 32.4 Å². The van der Waals surface area contributed by atoms with Gasteiger partial charge in [-0.2, -0.15) is 5.10 Å². The first kappa shape index (κ1) is 18.0. The molecule has 1 saturated heterocycles. The van der Waals surface area contributed by atoms with Crippen molar-refractivity contribution in [3.8, 4) is 5.82 Å². The maximum Gasteiger partial charge on any atom is 0.244 e. The number of methoxy groups -OCH3 is 1. The van der Waals surface area contributed by atoms with E-state index >= 15 is 0 Å². The van der Waals surface area contributed by atoms with E-state index in [0.29, 0.717) is 18.1 Å². The average molecular weight is 365 g/mol. The highest BCUT2D eigenvalue weighted by Crippen LogP contribution is 2.21. The topological polar surface area (TPSA) is 98.1 Å². The highest BCUT2D eigenvalue weighted by molar-refractivity contribution is 7.89. The van der Waals surface area contributed by atoms with Crippen LogP contribution in [0.5, 0.6) is 0 Å². The van der Waals surface area contributed by atoms with Gasteiger partial charge in [0.05, 0.1) is 24.0 Å². The van der Waals surface area contributed by atoms with Crippen LogP contribution >= 0.6 is 0 Å². The van der Waals surface area contributed by atoms with Gasteiger partial charge in [-0.15, -0.1) is 0 Å². The molecule has 25 heavy (non-hydrogen) atoms. The van der Waals surface area contributed by atoms with Gasteiger partial charge in [0.15, 0.2) is 5.82 Å². The first-order valence-corrected chi connectivity index (χ1v) is 9.65. The molecule has 1 fully saturated rings. The van der Waals surface area contributed by atoms with Gasteiger partial charge in [-0.25, -0.2) is 22.8 Å². The van der Waals surface area contributed by atoms with E-state index in [-0.39, 0.29) is 17.0 Å². The molecule has 0 aromatic carbocycles. The Balaban J connectivity index is 1.80. The first-order valence-electron chi connectivity index (χ1n) is 8.17. The van der Waals surface area contributed by atoms with Gasteiger partial charge in [-0.1, -0.05) is 6.07 Å². The van der Waals surface area contributed by atoms with Crippen molar-refractivity contribution in [2.24, 2.45) is 0 Å². The van der Waals surface area contributed by atoms with Gasteiger partial charge in [0.2, 0.25) is 10.0 Å². The Morgan fingerprint density at radius 1 is 1.44 bits per heavy atom. The molecule has 0 bridgehead atoms. The fourth-order valence-corrected chi connectivity index (χ4v) is 4.43. The van der Waals surface area contributed by atoms with Crippen molar-refractivity contribution in [3.05, 3.63) is 36.3 Å². The van der Waals surface area contributed by atoms with Crippen LogP contribution in [0.25, 0.3) is 5.82 Å².